The maximum absolute atomic E-state index is 12.7. The van der Waals surface area contributed by atoms with Crippen molar-refractivity contribution in [3.8, 4) is 0 Å². The van der Waals surface area contributed by atoms with Crippen LogP contribution < -0.4 is 4.90 Å². The average Bonchev–Trinajstić information content (AvgIpc) is 2.51. The molecule has 0 fully saturated rings. The van der Waals surface area contributed by atoms with Crippen molar-refractivity contribution in [3.63, 3.8) is 0 Å². The second kappa shape index (κ2) is 6.95. The van der Waals surface area contributed by atoms with Crippen molar-refractivity contribution < 1.29 is 9.53 Å². The van der Waals surface area contributed by atoms with E-state index in [1.807, 2.05) is 26.0 Å². The normalized spacial score (nSPS) is 10.4. The van der Waals surface area contributed by atoms with E-state index < -0.39 is 0 Å². The Morgan fingerprint density at radius 1 is 1.29 bits per heavy atom. The first-order chi connectivity index (χ1) is 10.1. The molecule has 110 valence electrons. The summed E-state index contributed by atoms with van der Waals surface area (Å²) in [6, 6.07) is 7.40. The van der Waals surface area contributed by atoms with Crippen LogP contribution in [0.25, 0.3) is 0 Å². The molecule has 0 saturated heterocycles. The molecular formula is C16H19N3O2. The highest BCUT2D eigenvalue weighted by Crippen LogP contribution is 2.19. The van der Waals surface area contributed by atoms with Gasteiger partial charge in [0.25, 0.3) is 5.91 Å². The number of amides is 1. The quantitative estimate of drug-likeness (QED) is 0.846. The van der Waals surface area contributed by atoms with Gasteiger partial charge in [0, 0.05) is 25.2 Å². The van der Waals surface area contributed by atoms with Crippen molar-refractivity contribution in [1.82, 2.24) is 9.97 Å². The van der Waals surface area contributed by atoms with Gasteiger partial charge in [-0.15, -0.1) is 0 Å². The van der Waals surface area contributed by atoms with Gasteiger partial charge in [0.15, 0.2) is 0 Å². The van der Waals surface area contributed by atoms with Crippen molar-refractivity contribution in [1.29, 1.82) is 0 Å². The number of pyridine rings is 2. The number of hydrogen-bond acceptors (Lipinski definition) is 4. The number of anilines is 1. The van der Waals surface area contributed by atoms with Crippen LogP contribution in [0, 0.1) is 13.8 Å². The van der Waals surface area contributed by atoms with Gasteiger partial charge >= 0.3 is 0 Å². The fourth-order valence-corrected chi connectivity index (χ4v) is 2.02. The topological polar surface area (TPSA) is 55.3 Å². The molecule has 0 spiro atoms. The van der Waals surface area contributed by atoms with E-state index in [4.69, 9.17) is 4.74 Å². The summed E-state index contributed by atoms with van der Waals surface area (Å²) in [6.07, 6.45) is 3.21. The van der Waals surface area contributed by atoms with Crippen LogP contribution in [0.3, 0.4) is 0 Å². The molecule has 0 radical (unpaired) electrons. The molecule has 0 N–H and O–H groups in total. The Morgan fingerprint density at radius 2 is 2.10 bits per heavy atom. The molecule has 5 nitrogen and oxygen atoms in total. The maximum Gasteiger partial charge on any atom is 0.261 e. The van der Waals surface area contributed by atoms with Gasteiger partial charge in [-0.05, 0) is 37.6 Å². The lowest BCUT2D eigenvalue weighted by molar-refractivity contribution is 0.0974. The summed E-state index contributed by atoms with van der Waals surface area (Å²) >= 11 is 0. The molecule has 2 aromatic rings. The molecule has 21 heavy (non-hydrogen) atoms. The highest BCUT2D eigenvalue weighted by molar-refractivity contribution is 6.05. The molecule has 5 heteroatoms. The Labute approximate surface area is 124 Å². The summed E-state index contributed by atoms with van der Waals surface area (Å²) in [5, 5.41) is 0. The van der Waals surface area contributed by atoms with Crippen molar-refractivity contribution in [2.24, 2.45) is 0 Å². The van der Waals surface area contributed by atoms with Gasteiger partial charge in [0.2, 0.25) is 0 Å². The fourth-order valence-electron chi connectivity index (χ4n) is 2.02. The Balaban J connectivity index is 2.38. The molecule has 2 aromatic heterocycles. The van der Waals surface area contributed by atoms with Crippen molar-refractivity contribution >= 4 is 11.7 Å². The Hall–Kier alpha value is -2.27. The summed E-state index contributed by atoms with van der Waals surface area (Å²) < 4.78 is 5.11. The average molecular weight is 285 g/mol. The number of hydrogen-bond donors (Lipinski definition) is 0. The molecule has 0 aliphatic heterocycles. The molecule has 0 aromatic carbocycles. The highest BCUT2D eigenvalue weighted by atomic mass is 16.5. The standard InChI is InChI=1S/C16H19N3O2/c1-12-6-7-13(2)18-15(12)19(9-10-21-3)16(20)14-5-4-8-17-11-14/h4-8,11H,9-10H2,1-3H3. The van der Waals surface area contributed by atoms with Gasteiger partial charge in [0.1, 0.15) is 5.82 Å². The largest absolute Gasteiger partial charge is 0.383 e. The van der Waals surface area contributed by atoms with Crippen LogP contribution in [0.5, 0.6) is 0 Å². The minimum atomic E-state index is -0.124. The lowest BCUT2D eigenvalue weighted by Gasteiger charge is -2.23. The number of carbonyl (C=O) groups excluding carboxylic acids is 1. The number of aryl methyl sites for hydroxylation is 2. The zero-order valence-electron chi connectivity index (χ0n) is 12.5. The van der Waals surface area contributed by atoms with E-state index in [1.165, 1.54) is 0 Å². The van der Waals surface area contributed by atoms with Gasteiger partial charge in [-0.2, -0.15) is 0 Å². The lowest BCUT2D eigenvalue weighted by atomic mass is 10.2. The molecule has 2 rings (SSSR count). The molecule has 0 bridgehead atoms. The second-order valence-corrected chi connectivity index (χ2v) is 4.78. The number of nitrogens with zero attached hydrogens (tertiary/aromatic N) is 3. The molecule has 0 unspecified atom stereocenters. The van der Waals surface area contributed by atoms with E-state index in [0.29, 0.717) is 24.5 Å². The van der Waals surface area contributed by atoms with Crippen LogP contribution in [0.4, 0.5) is 5.82 Å². The Morgan fingerprint density at radius 3 is 2.76 bits per heavy atom. The zero-order valence-corrected chi connectivity index (χ0v) is 12.5. The fraction of sp³-hybridized carbons (Fsp3) is 0.312. The predicted octanol–water partition coefficient (Wildman–Crippen LogP) is 2.39. The Kier molecular flexibility index (Phi) is 5.00. The molecule has 0 aliphatic carbocycles. The molecular weight excluding hydrogens is 266 g/mol. The maximum atomic E-state index is 12.7. The SMILES string of the molecule is COCCN(C(=O)c1cccnc1)c1nc(C)ccc1C. The monoisotopic (exact) mass is 285 g/mol. The molecule has 0 aliphatic rings. The van der Waals surface area contributed by atoms with Crippen LogP contribution >= 0.6 is 0 Å². The van der Waals surface area contributed by atoms with Gasteiger partial charge in [-0.25, -0.2) is 4.98 Å². The molecule has 1 amide bonds. The number of ether oxygens (including phenoxy) is 1. The molecule has 0 atom stereocenters. The van der Waals surface area contributed by atoms with E-state index >= 15 is 0 Å². The van der Waals surface area contributed by atoms with Crippen molar-refractivity contribution in [2.75, 3.05) is 25.2 Å². The first-order valence-electron chi connectivity index (χ1n) is 6.78. The van der Waals surface area contributed by atoms with E-state index in [-0.39, 0.29) is 5.91 Å². The number of carbonyl (C=O) groups is 1. The lowest BCUT2D eigenvalue weighted by Crippen LogP contribution is -2.35. The summed E-state index contributed by atoms with van der Waals surface area (Å²) in [5.41, 5.74) is 2.36. The van der Waals surface area contributed by atoms with E-state index in [0.717, 1.165) is 11.3 Å². The predicted molar refractivity (Wildman–Crippen MR) is 81.5 cm³/mol. The first kappa shape index (κ1) is 15.1. The minimum Gasteiger partial charge on any atom is -0.383 e. The van der Waals surface area contributed by atoms with Crippen LogP contribution in [0.1, 0.15) is 21.6 Å². The second-order valence-electron chi connectivity index (χ2n) is 4.78. The van der Waals surface area contributed by atoms with Crippen molar-refractivity contribution in [2.45, 2.75) is 13.8 Å². The third-order valence-corrected chi connectivity index (χ3v) is 3.14. The molecule has 0 saturated carbocycles. The van der Waals surface area contributed by atoms with Crippen LogP contribution in [0.15, 0.2) is 36.7 Å². The van der Waals surface area contributed by atoms with Crippen LogP contribution in [-0.4, -0.2) is 36.1 Å². The summed E-state index contributed by atoms with van der Waals surface area (Å²) in [7, 11) is 1.61. The van der Waals surface area contributed by atoms with Crippen molar-refractivity contribution in [3.05, 3.63) is 53.5 Å². The summed E-state index contributed by atoms with van der Waals surface area (Å²) in [6.45, 7) is 4.74. The van der Waals surface area contributed by atoms with Gasteiger partial charge in [0.05, 0.1) is 18.7 Å². The van der Waals surface area contributed by atoms with Gasteiger partial charge in [-0.1, -0.05) is 6.07 Å². The van der Waals surface area contributed by atoms with Crippen LogP contribution in [-0.2, 0) is 4.74 Å². The summed E-state index contributed by atoms with van der Waals surface area (Å²) in [5.74, 6) is 0.544. The Bertz CT molecular complexity index is 614. The first-order valence-corrected chi connectivity index (χ1v) is 6.78. The third-order valence-electron chi connectivity index (χ3n) is 3.14. The van der Waals surface area contributed by atoms with E-state index in [2.05, 4.69) is 9.97 Å². The summed E-state index contributed by atoms with van der Waals surface area (Å²) in [4.78, 5) is 22.9. The highest BCUT2D eigenvalue weighted by Gasteiger charge is 2.20. The van der Waals surface area contributed by atoms with E-state index in [1.54, 1.807) is 36.5 Å². The van der Waals surface area contributed by atoms with Gasteiger partial charge in [-0.3, -0.25) is 14.7 Å². The minimum absolute atomic E-state index is 0.124. The number of rotatable bonds is 5. The van der Waals surface area contributed by atoms with Crippen LogP contribution in [0.2, 0.25) is 0 Å². The van der Waals surface area contributed by atoms with Gasteiger partial charge < -0.3 is 4.74 Å². The van der Waals surface area contributed by atoms with E-state index in [9.17, 15) is 4.79 Å². The zero-order chi connectivity index (χ0) is 15.2. The third kappa shape index (κ3) is 3.64. The number of aromatic nitrogens is 2. The molecule has 2 heterocycles. The number of methoxy groups -OCH3 is 1. The smallest absolute Gasteiger partial charge is 0.261 e.